The van der Waals surface area contributed by atoms with Crippen molar-refractivity contribution in [1.82, 2.24) is 14.9 Å². The molecule has 0 spiro atoms. The summed E-state index contributed by atoms with van der Waals surface area (Å²) >= 11 is 5.81. The fourth-order valence-corrected chi connectivity index (χ4v) is 2.63. The van der Waals surface area contributed by atoms with Crippen LogP contribution in [-0.4, -0.2) is 39.1 Å². The number of ether oxygens (including phenoxy) is 1. The van der Waals surface area contributed by atoms with E-state index in [9.17, 15) is 4.79 Å². The van der Waals surface area contributed by atoms with E-state index in [0.29, 0.717) is 11.6 Å². The molecule has 0 aromatic carbocycles. The Balaban J connectivity index is 1.99. The average molecular weight is 312 g/mol. The molecular weight excluding hydrogens is 290 g/mol. The van der Waals surface area contributed by atoms with Gasteiger partial charge in [0.25, 0.3) is 0 Å². The highest BCUT2D eigenvalue weighted by molar-refractivity contribution is 6.30. The fraction of sp³-hybridized carbons (Fsp3) is 0.667. The molecule has 0 radical (unpaired) electrons. The fourth-order valence-electron chi connectivity index (χ4n) is 2.53. The van der Waals surface area contributed by atoms with Gasteiger partial charge in [-0.05, 0) is 40.5 Å². The lowest BCUT2D eigenvalue weighted by molar-refractivity contribution is 0.0101. The summed E-state index contributed by atoms with van der Waals surface area (Å²) in [6.07, 6.45) is 4.67. The molecule has 1 aliphatic heterocycles. The molecule has 2 rings (SSSR count). The third-order valence-electron chi connectivity index (χ3n) is 3.51. The number of piperidine rings is 1. The number of amides is 1. The van der Waals surface area contributed by atoms with Gasteiger partial charge in [0.1, 0.15) is 11.4 Å². The van der Waals surface area contributed by atoms with Crippen LogP contribution in [0.5, 0.6) is 0 Å². The summed E-state index contributed by atoms with van der Waals surface area (Å²) < 4.78 is 5.44. The number of carbonyl (C=O) groups is 1. The van der Waals surface area contributed by atoms with E-state index in [1.807, 2.05) is 27.7 Å². The maximum absolute atomic E-state index is 12.2. The van der Waals surface area contributed by atoms with E-state index in [1.54, 1.807) is 17.3 Å². The molecule has 0 bridgehead atoms. The first-order chi connectivity index (χ1) is 9.76. The molecule has 1 unspecified atom stereocenters. The Morgan fingerprint density at radius 2 is 2.00 bits per heavy atom. The molecule has 6 heteroatoms. The molecule has 0 N–H and O–H groups in total. The quantitative estimate of drug-likeness (QED) is 0.794. The monoisotopic (exact) mass is 311 g/mol. The van der Waals surface area contributed by atoms with E-state index in [0.717, 1.165) is 18.7 Å². The summed E-state index contributed by atoms with van der Waals surface area (Å²) in [6.45, 7) is 8.33. The first kappa shape index (κ1) is 16.0. The highest BCUT2D eigenvalue weighted by Gasteiger charge is 2.33. The number of hydrogen-bond donors (Lipinski definition) is 0. The van der Waals surface area contributed by atoms with Crippen molar-refractivity contribution in [1.29, 1.82) is 0 Å². The third-order valence-corrected chi connectivity index (χ3v) is 3.70. The van der Waals surface area contributed by atoms with Gasteiger partial charge in [-0.3, -0.25) is 0 Å². The first-order valence-corrected chi connectivity index (χ1v) is 7.61. The number of halogens is 1. The molecule has 0 aliphatic carbocycles. The van der Waals surface area contributed by atoms with Crippen molar-refractivity contribution in [2.45, 2.75) is 58.1 Å². The van der Waals surface area contributed by atoms with Crippen LogP contribution in [-0.2, 0) is 4.74 Å². The second kappa shape index (κ2) is 6.18. The van der Waals surface area contributed by atoms with Gasteiger partial charge in [0.15, 0.2) is 0 Å². The lowest BCUT2D eigenvalue weighted by atomic mass is 9.91. The number of likely N-dealkylation sites (tertiary alicyclic amines) is 1. The minimum absolute atomic E-state index is 0.109. The summed E-state index contributed by atoms with van der Waals surface area (Å²) in [5, 5.41) is 0.540. The largest absolute Gasteiger partial charge is 0.444 e. The van der Waals surface area contributed by atoms with Crippen LogP contribution in [0.25, 0.3) is 0 Å². The maximum Gasteiger partial charge on any atom is 0.410 e. The van der Waals surface area contributed by atoms with Gasteiger partial charge in [-0.25, -0.2) is 14.8 Å². The summed E-state index contributed by atoms with van der Waals surface area (Å²) in [6, 6.07) is 0.109. The molecule has 0 saturated carbocycles. The minimum Gasteiger partial charge on any atom is -0.444 e. The average Bonchev–Trinajstić information content (AvgIpc) is 2.37. The molecule has 1 amide bonds. The van der Waals surface area contributed by atoms with Gasteiger partial charge >= 0.3 is 6.09 Å². The molecule has 1 aliphatic rings. The number of carbonyl (C=O) groups excluding carboxylic acids is 1. The summed E-state index contributed by atoms with van der Waals surface area (Å²) in [5.41, 5.74) is -0.465. The van der Waals surface area contributed by atoms with Gasteiger partial charge in [-0.2, -0.15) is 0 Å². The Bertz CT molecular complexity index is 499. The highest BCUT2D eigenvalue weighted by atomic mass is 35.5. The number of aromatic nitrogens is 2. The van der Waals surface area contributed by atoms with Crippen molar-refractivity contribution in [2.75, 3.05) is 6.54 Å². The highest BCUT2D eigenvalue weighted by Crippen LogP contribution is 2.30. The van der Waals surface area contributed by atoms with Gasteiger partial charge in [-0.1, -0.05) is 11.6 Å². The van der Waals surface area contributed by atoms with Crippen molar-refractivity contribution in [3.63, 3.8) is 0 Å². The summed E-state index contributed by atoms with van der Waals surface area (Å²) in [7, 11) is 0. The molecule has 2 heterocycles. The SMILES string of the molecule is C[C@H]1CC(c2ncc(Cl)cn2)CCN1C(=O)OC(C)(C)C. The van der Waals surface area contributed by atoms with Crippen LogP contribution in [0.1, 0.15) is 52.3 Å². The van der Waals surface area contributed by atoms with Crippen LogP contribution in [0.4, 0.5) is 4.79 Å². The molecule has 5 nitrogen and oxygen atoms in total. The molecule has 116 valence electrons. The predicted molar refractivity (Wildman–Crippen MR) is 81.4 cm³/mol. The first-order valence-electron chi connectivity index (χ1n) is 7.23. The van der Waals surface area contributed by atoms with E-state index in [2.05, 4.69) is 9.97 Å². The summed E-state index contributed by atoms with van der Waals surface area (Å²) in [5.74, 6) is 1.06. The number of rotatable bonds is 1. The van der Waals surface area contributed by atoms with Gasteiger partial charge in [-0.15, -0.1) is 0 Å². The smallest absolute Gasteiger partial charge is 0.410 e. The zero-order valence-corrected chi connectivity index (χ0v) is 13.7. The Kier molecular flexibility index (Phi) is 4.71. The van der Waals surface area contributed by atoms with Crippen molar-refractivity contribution in [3.05, 3.63) is 23.2 Å². The van der Waals surface area contributed by atoms with Crippen molar-refractivity contribution < 1.29 is 9.53 Å². The zero-order valence-electron chi connectivity index (χ0n) is 13.0. The van der Waals surface area contributed by atoms with E-state index in [1.165, 1.54) is 0 Å². The lowest BCUT2D eigenvalue weighted by Crippen LogP contribution is -2.46. The molecule has 1 aromatic heterocycles. The molecular formula is C15H22ClN3O2. The van der Waals surface area contributed by atoms with Crippen molar-refractivity contribution in [3.8, 4) is 0 Å². The normalized spacial score (nSPS) is 23.0. The van der Waals surface area contributed by atoms with E-state index in [-0.39, 0.29) is 18.1 Å². The van der Waals surface area contributed by atoms with E-state index < -0.39 is 5.60 Å². The van der Waals surface area contributed by atoms with Crippen LogP contribution in [0.2, 0.25) is 5.02 Å². The number of nitrogens with zero attached hydrogens (tertiary/aromatic N) is 3. The van der Waals surface area contributed by atoms with Crippen LogP contribution in [0, 0.1) is 0 Å². The van der Waals surface area contributed by atoms with Crippen LogP contribution >= 0.6 is 11.6 Å². The zero-order chi connectivity index (χ0) is 15.6. The number of hydrogen-bond acceptors (Lipinski definition) is 4. The van der Waals surface area contributed by atoms with E-state index >= 15 is 0 Å². The van der Waals surface area contributed by atoms with Crippen LogP contribution < -0.4 is 0 Å². The topological polar surface area (TPSA) is 55.3 Å². The van der Waals surface area contributed by atoms with Crippen molar-refractivity contribution in [2.24, 2.45) is 0 Å². The molecule has 2 atom stereocenters. The van der Waals surface area contributed by atoms with Gasteiger partial charge in [0, 0.05) is 30.9 Å². The predicted octanol–water partition coefficient (Wildman–Crippen LogP) is 3.63. The molecule has 1 saturated heterocycles. The Hall–Kier alpha value is -1.36. The summed E-state index contributed by atoms with van der Waals surface area (Å²) in [4.78, 5) is 22.5. The minimum atomic E-state index is -0.465. The van der Waals surface area contributed by atoms with Crippen molar-refractivity contribution >= 4 is 17.7 Å². The maximum atomic E-state index is 12.2. The van der Waals surface area contributed by atoms with Gasteiger partial charge in [0.05, 0.1) is 5.02 Å². The second-order valence-electron chi connectivity index (χ2n) is 6.50. The molecule has 21 heavy (non-hydrogen) atoms. The standard InChI is InChI=1S/C15H22ClN3O2/c1-10-7-11(13-17-8-12(16)9-18-13)5-6-19(10)14(20)21-15(2,3)4/h8-11H,5-7H2,1-4H3/t10-,11?/m0/s1. The Morgan fingerprint density at radius 3 is 2.52 bits per heavy atom. The molecule has 1 aromatic rings. The van der Waals surface area contributed by atoms with Gasteiger partial charge in [0.2, 0.25) is 0 Å². The van der Waals surface area contributed by atoms with E-state index in [4.69, 9.17) is 16.3 Å². The van der Waals surface area contributed by atoms with Gasteiger partial charge < -0.3 is 9.64 Å². The Labute approximate surface area is 130 Å². The van der Waals surface area contributed by atoms with Crippen LogP contribution in [0.15, 0.2) is 12.4 Å². The third kappa shape index (κ3) is 4.30. The Morgan fingerprint density at radius 1 is 1.38 bits per heavy atom. The lowest BCUT2D eigenvalue weighted by Gasteiger charge is -2.37. The van der Waals surface area contributed by atoms with Crippen LogP contribution in [0.3, 0.4) is 0 Å². The molecule has 1 fully saturated rings. The second-order valence-corrected chi connectivity index (χ2v) is 6.94.